The lowest BCUT2D eigenvalue weighted by molar-refractivity contribution is 0.329. The zero-order valence-corrected chi connectivity index (χ0v) is 14.1. The lowest BCUT2D eigenvalue weighted by Gasteiger charge is -2.26. The van der Waals surface area contributed by atoms with Gasteiger partial charge in [-0.15, -0.1) is 11.3 Å². The zero-order chi connectivity index (χ0) is 14.8. The van der Waals surface area contributed by atoms with Gasteiger partial charge >= 0.3 is 0 Å². The summed E-state index contributed by atoms with van der Waals surface area (Å²) >= 11 is 1.34. The summed E-state index contributed by atoms with van der Waals surface area (Å²) in [5, 5.41) is 5.17. The van der Waals surface area contributed by atoms with Gasteiger partial charge in [-0.3, -0.25) is 0 Å². The van der Waals surface area contributed by atoms with Crippen molar-refractivity contribution >= 4 is 21.4 Å². The van der Waals surface area contributed by atoms with Crippen LogP contribution in [0.4, 0.5) is 0 Å². The smallest absolute Gasteiger partial charge is 0.253 e. The number of nitrogens with zero attached hydrogens (tertiary/aromatic N) is 1. The zero-order valence-electron chi connectivity index (χ0n) is 12.4. The SMILES string of the molecule is CCNCc1csc(S(=O)(=O)N2C(C)CCC2CC)c1. The lowest BCUT2D eigenvalue weighted by atomic mass is 10.2. The Morgan fingerprint density at radius 1 is 1.40 bits per heavy atom. The first-order chi connectivity index (χ1) is 9.50. The molecule has 2 heterocycles. The van der Waals surface area contributed by atoms with Gasteiger partial charge < -0.3 is 5.32 Å². The molecule has 4 nitrogen and oxygen atoms in total. The van der Waals surface area contributed by atoms with Crippen molar-refractivity contribution in [1.82, 2.24) is 9.62 Å². The topological polar surface area (TPSA) is 49.4 Å². The fourth-order valence-corrected chi connectivity index (χ4v) is 6.08. The average Bonchev–Trinajstić information content (AvgIpc) is 3.03. The summed E-state index contributed by atoms with van der Waals surface area (Å²) in [5.41, 5.74) is 1.05. The Labute approximate surface area is 126 Å². The maximum atomic E-state index is 12.8. The molecule has 1 aliphatic heterocycles. The third-order valence-electron chi connectivity index (χ3n) is 3.92. The number of rotatable bonds is 6. The van der Waals surface area contributed by atoms with Crippen molar-refractivity contribution in [3.8, 4) is 0 Å². The molecule has 0 spiro atoms. The fraction of sp³-hybridized carbons (Fsp3) is 0.714. The van der Waals surface area contributed by atoms with Gasteiger partial charge in [-0.25, -0.2) is 8.42 Å². The molecule has 2 atom stereocenters. The van der Waals surface area contributed by atoms with Crippen LogP contribution >= 0.6 is 11.3 Å². The van der Waals surface area contributed by atoms with Gasteiger partial charge in [-0.1, -0.05) is 13.8 Å². The molecule has 1 fully saturated rings. The maximum absolute atomic E-state index is 12.8. The Hall–Kier alpha value is -0.430. The van der Waals surface area contributed by atoms with Crippen molar-refractivity contribution in [2.24, 2.45) is 0 Å². The van der Waals surface area contributed by atoms with Gasteiger partial charge in [0, 0.05) is 18.6 Å². The van der Waals surface area contributed by atoms with Crippen LogP contribution in [0.1, 0.15) is 45.6 Å². The van der Waals surface area contributed by atoms with Crippen LogP contribution in [0.3, 0.4) is 0 Å². The minimum Gasteiger partial charge on any atom is -0.313 e. The van der Waals surface area contributed by atoms with Crippen LogP contribution in [-0.2, 0) is 16.6 Å². The molecule has 0 aliphatic carbocycles. The summed E-state index contributed by atoms with van der Waals surface area (Å²) in [7, 11) is -3.33. The van der Waals surface area contributed by atoms with Crippen molar-refractivity contribution in [1.29, 1.82) is 0 Å². The first-order valence-corrected chi connectivity index (χ1v) is 9.64. The van der Waals surface area contributed by atoms with E-state index in [9.17, 15) is 8.42 Å². The summed E-state index contributed by atoms with van der Waals surface area (Å²) < 4.78 is 27.9. The van der Waals surface area contributed by atoms with Crippen LogP contribution in [0.25, 0.3) is 0 Å². The first kappa shape index (κ1) is 15.9. The molecule has 1 N–H and O–H groups in total. The second-order valence-corrected chi connectivity index (χ2v) is 8.36. The molecule has 1 aromatic rings. The molecular formula is C14H24N2O2S2. The minimum absolute atomic E-state index is 0.115. The first-order valence-electron chi connectivity index (χ1n) is 7.32. The van der Waals surface area contributed by atoms with Crippen molar-refractivity contribution in [3.63, 3.8) is 0 Å². The number of hydrogen-bond donors (Lipinski definition) is 1. The molecule has 114 valence electrons. The summed E-state index contributed by atoms with van der Waals surface area (Å²) in [6.45, 7) is 7.74. The van der Waals surface area contributed by atoms with Crippen LogP contribution < -0.4 is 5.32 Å². The number of nitrogens with one attached hydrogen (secondary N) is 1. The second-order valence-electron chi connectivity index (χ2n) is 5.38. The standard InChI is InChI=1S/C14H24N2O2S2/c1-4-13-7-6-11(3)16(13)20(17,18)14-8-12(10-19-14)9-15-5-2/h8,10-11,13,15H,4-7,9H2,1-3H3. The predicted octanol–water partition coefficient (Wildman–Crippen LogP) is 2.81. The third-order valence-corrected chi connectivity index (χ3v) is 7.45. The van der Waals surface area contributed by atoms with Crippen molar-refractivity contribution in [2.75, 3.05) is 6.54 Å². The molecule has 0 amide bonds. The third kappa shape index (κ3) is 3.08. The fourth-order valence-electron chi connectivity index (χ4n) is 2.82. The highest BCUT2D eigenvalue weighted by Crippen LogP contribution is 2.34. The molecule has 20 heavy (non-hydrogen) atoms. The molecule has 0 saturated carbocycles. The van der Waals surface area contributed by atoms with Crippen LogP contribution in [0.2, 0.25) is 0 Å². The van der Waals surface area contributed by atoms with E-state index >= 15 is 0 Å². The van der Waals surface area contributed by atoms with Crippen LogP contribution in [-0.4, -0.2) is 31.4 Å². The minimum atomic E-state index is -3.33. The van der Waals surface area contributed by atoms with E-state index in [1.807, 2.05) is 25.3 Å². The average molecular weight is 316 g/mol. The van der Waals surface area contributed by atoms with E-state index in [0.717, 1.165) is 37.9 Å². The van der Waals surface area contributed by atoms with Gasteiger partial charge in [0.15, 0.2) is 0 Å². The van der Waals surface area contributed by atoms with Gasteiger partial charge in [-0.2, -0.15) is 4.31 Å². The van der Waals surface area contributed by atoms with E-state index < -0.39 is 10.0 Å². The largest absolute Gasteiger partial charge is 0.313 e. The monoisotopic (exact) mass is 316 g/mol. The van der Waals surface area contributed by atoms with E-state index in [4.69, 9.17) is 0 Å². The Bertz CT molecular complexity index is 539. The Morgan fingerprint density at radius 3 is 2.80 bits per heavy atom. The molecule has 0 bridgehead atoms. The van der Waals surface area contributed by atoms with Crippen LogP contribution in [0, 0.1) is 0 Å². The van der Waals surface area contributed by atoms with E-state index in [2.05, 4.69) is 12.2 Å². The number of hydrogen-bond acceptors (Lipinski definition) is 4. The summed E-state index contributed by atoms with van der Waals surface area (Å²) in [6, 6.07) is 2.10. The molecule has 0 radical (unpaired) electrons. The van der Waals surface area contributed by atoms with E-state index in [-0.39, 0.29) is 12.1 Å². The highest BCUT2D eigenvalue weighted by Gasteiger charge is 2.39. The molecule has 2 unspecified atom stereocenters. The van der Waals surface area contributed by atoms with E-state index in [1.54, 1.807) is 4.31 Å². The van der Waals surface area contributed by atoms with E-state index in [0.29, 0.717) is 4.21 Å². The molecule has 1 aromatic heterocycles. The predicted molar refractivity (Wildman–Crippen MR) is 83.5 cm³/mol. The van der Waals surface area contributed by atoms with Gasteiger partial charge in [0.25, 0.3) is 10.0 Å². The molecule has 6 heteroatoms. The highest BCUT2D eigenvalue weighted by molar-refractivity contribution is 7.91. The van der Waals surface area contributed by atoms with Gasteiger partial charge in [0.2, 0.25) is 0 Å². The molecule has 1 aliphatic rings. The van der Waals surface area contributed by atoms with Crippen molar-refractivity contribution in [3.05, 3.63) is 17.0 Å². The molecule has 0 aromatic carbocycles. The molecule has 1 saturated heterocycles. The number of sulfonamides is 1. The van der Waals surface area contributed by atoms with E-state index in [1.165, 1.54) is 11.3 Å². The summed E-state index contributed by atoms with van der Waals surface area (Å²) in [6.07, 6.45) is 2.83. The molecule has 2 rings (SSSR count). The van der Waals surface area contributed by atoms with Gasteiger partial charge in [0.05, 0.1) is 0 Å². The Morgan fingerprint density at radius 2 is 2.15 bits per heavy atom. The van der Waals surface area contributed by atoms with Crippen LogP contribution in [0.5, 0.6) is 0 Å². The maximum Gasteiger partial charge on any atom is 0.253 e. The molecular weight excluding hydrogens is 292 g/mol. The van der Waals surface area contributed by atoms with Crippen molar-refractivity contribution < 1.29 is 8.42 Å². The normalized spacial score (nSPS) is 24.4. The second kappa shape index (κ2) is 6.56. The quantitative estimate of drug-likeness (QED) is 0.878. The summed E-state index contributed by atoms with van der Waals surface area (Å²) in [5.74, 6) is 0. The Kier molecular flexibility index (Phi) is 5.23. The van der Waals surface area contributed by atoms with Crippen LogP contribution in [0.15, 0.2) is 15.7 Å². The summed E-state index contributed by atoms with van der Waals surface area (Å²) in [4.78, 5) is 0. The highest BCUT2D eigenvalue weighted by atomic mass is 32.2. The van der Waals surface area contributed by atoms with Gasteiger partial charge in [-0.05, 0) is 49.7 Å². The van der Waals surface area contributed by atoms with Crippen molar-refractivity contribution in [2.45, 2.75) is 62.9 Å². The Balaban J connectivity index is 2.23. The number of thiophene rings is 1. The van der Waals surface area contributed by atoms with Gasteiger partial charge in [0.1, 0.15) is 4.21 Å². The lowest BCUT2D eigenvalue weighted by Crippen LogP contribution is -2.39.